The van der Waals surface area contributed by atoms with Crippen molar-refractivity contribution in [2.75, 3.05) is 6.61 Å². The minimum Gasteiger partial charge on any atom is -0.494 e. The highest BCUT2D eigenvalue weighted by atomic mass is 35.5. The van der Waals surface area contributed by atoms with E-state index in [9.17, 15) is 0 Å². The number of hydrogen-bond acceptors (Lipinski definition) is 3. The molecule has 3 aromatic rings. The third-order valence-corrected chi connectivity index (χ3v) is 3.84. The fraction of sp³-hybridized carbons (Fsp3) is 0.222. The topological polar surface area (TPSA) is 39.9 Å². The largest absolute Gasteiger partial charge is 0.494 e. The number of hydrogen-bond donors (Lipinski definition) is 0. The van der Waals surface area contributed by atoms with Crippen LogP contribution in [0, 0.1) is 6.92 Å². The van der Waals surface area contributed by atoms with E-state index in [1.807, 2.05) is 35.9 Å². The van der Waals surface area contributed by atoms with Gasteiger partial charge in [0.1, 0.15) is 11.4 Å². The molecule has 0 fully saturated rings. The van der Waals surface area contributed by atoms with Gasteiger partial charge in [0.05, 0.1) is 23.9 Å². The molecule has 0 aliphatic heterocycles. The molecule has 1 aromatic heterocycles. The second-order valence-corrected chi connectivity index (χ2v) is 5.49. The van der Waals surface area contributed by atoms with E-state index >= 15 is 0 Å². The standard InChI is InChI=1S/C18H18ClN3O/c1-3-23-16-10-8-15(9-11-16)22-18(17(12-19)20-21-22)14-6-4-13(2)5-7-14/h4-11H,3,12H2,1-2H3. The number of benzene rings is 2. The number of aromatic nitrogens is 3. The van der Waals surface area contributed by atoms with Gasteiger partial charge in [0.25, 0.3) is 0 Å². The maximum absolute atomic E-state index is 6.04. The number of alkyl halides is 1. The molecule has 0 bridgehead atoms. The summed E-state index contributed by atoms with van der Waals surface area (Å²) in [6, 6.07) is 16.1. The van der Waals surface area contributed by atoms with Crippen LogP contribution in [0.3, 0.4) is 0 Å². The number of halogens is 1. The zero-order valence-corrected chi connectivity index (χ0v) is 13.9. The van der Waals surface area contributed by atoms with Crippen LogP contribution in [-0.2, 0) is 5.88 Å². The Morgan fingerprint density at radius 1 is 1.04 bits per heavy atom. The van der Waals surface area contributed by atoms with Crippen LogP contribution in [0.1, 0.15) is 18.2 Å². The molecule has 4 nitrogen and oxygen atoms in total. The van der Waals surface area contributed by atoms with Crippen LogP contribution in [0.5, 0.6) is 5.75 Å². The van der Waals surface area contributed by atoms with Gasteiger partial charge in [-0.05, 0) is 38.1 Å². The number of aryl methyl sites for hydroxylation is 1. The first-order chi connectivity index (χ1) is 11.2. The van der Waals surface area contributed by atoms with E-state index in [1.54, 1.807) is 0 Å². The lowest BCUT2D eigenvalue weighted by atomic mass is 10.1. The third kappa shape index (κ3) is 3.22. The first-order valence-electron chi connectivity index (χ1n) is 7.53. The highest BCUT2D eigenvalue weighted by Gasteiger charge is 2.15. The molecule has 1 heterocycles. The van der Waals surface area contributed by atoms with Crippen molar-refractivity contribution < 1.29 is 4.74 Å². The van der Waals surface area contributed by atoms with Crippen LogP contribution >= 0.6 is 11.6 Å². The van der Waals surface area contributed by atoms with Gasteiger partial charge in [-0.3, -0.25) is 0 Å². The molecule has 0 unspecified atom stereocenters. The maximum atomic E-state index is 6.04. The van der Waals surface area contributed by atoms with Crippen molar-refractivity contribution in [3.63, 3.8) is 0 Å². The lowest BCUT2D eigenvalue weighted by molar-refractivity contribution is 0.340. The predicted octanol–water partition coefficient (Wildman–Crippen LogP) is 4.38. The van der Waals surface area contributed by atoms with Crippen molar-refractivity contribution >= 4 is 11.6 Å². The van der Waals surface area contributed by atoms with E-state index in [1.165, 1.54) is 5.56 Å². The fourth-order valence-corrected chi connectivity index (χ4v) is 2.61. The molecular formula is C18H18ClN3O. The van der Waals surface area contributed by atoms with Crippen molar-refractivity contribution in [1.29, 1.82) is 0 Å². The number of rotatable bonds is 5. The summed E-state index contributed by atoms with van der Waals surface area (Å²) in [6.07, 6.45) is 0. The lowest BCUT2D eigenvalue weighted by Gasteiger charge is -2.09. The second kappa shape index (κ2) is 6.84. The quantitative estimate of drug-likeness (QED) is 0.653. The molecule has 0 spiro atoms. The molecule has 0 aliphatic rings. The van der Waals surface area contributed by atoms with E-state index in [0.717, 1.165) is 28.4 Å². The molecule has 5 heteroatoms. The Morgan fingerprint density at radius 2 is 1.74 bits per heavy atom. The van der Waals surface area contributed by atoms with Crippen molar-refractivity contribution in [1.82, 2.24) is 15.0 Å². The van der Waals surface area contributed by atoms with Gasteiger partial charge in [0.15, 0.2) is 0 Å². The van der Waals surface area contributed by atoms with Gasteiger partial charge in [0.2, 0.25) is 0 Å². The minimum atomic E-state index is 0.320. The molecule has 0 aliphatic carbocycles. The number of ether oxygens (including phenoxy) is 1. The monoisotopic (exact) mass is 327 g/mol. The summed E-state index contributed by atoms with van der Waals surface area (Å²) >= 11 is 6.04. The van der Waals surface area contributed by atoms with Crippen molar-refractivity contribution in [2.24, 2.45) is 0 Å². The van der Waals surface area contributed by atoms with Crippen LogP contribution in [0.25, 0.3) is 16.9 Å². The Hall–Kier alpha value is -2.33. The molecule has 0 saturated heterocycles. The Kier molecular flexibility index (Phi) is 4.63. The van der Waals surface area contributed by atoms with Gasteiger partial charge >= 0.3 is 0 Å². The Balaban J connectivity index is 2.06. The molecular weight excluding hydrogens is 310 g/mol. The summed E-state index contributed by atoms with van der Waals surface area (Å²) in [5.74, 6) is 1.16. The average molecular weight is 328 g/mol. The van der Waals surface area contributed by atoms with Crippen LogP contribution in [0.2, 0.25) is 0 Å². The van der Waals surface area contributed by atoms with Crippen LogP contribution in [-0.4, -0.2) is 21.6 Å². The SMILES string of the molecule is CCOc1ccc(-n2nnc(CCl)c2-c2ccc(C)cc2)cc1. The van der Waals surface area contributed by atoms with Gasteiger partial charge in [-0.2, -0.15) is 0 Å². The molecule has 0 atom stereocenters. The molecule has 118 valence electrons. The van der Waals surface area contributed by atoms with Gasteiger partial charge in [-0.25, -0.2) is 4.68 Å². The van der Waals surface area contributed by atoms with E-state index in [4.69, 9.17) is 16.3 Å². The Morgan fingerprint density at radius 3 is 2.35 bits per heavy atom. The predicted molar refractivity (Wildman–Crippen MR) is 92.3 cm³/mol. The van der Waals surface area contributed by atoms with Gasteiger partial charge in [-0.15, -0.1) is 16.7 Å². The molecule has 23 heavy (non-hydrogen) atoms. The summed E-state index contributed by atoms with van der Waals surface area (Å²) < 4.78 is 7.30. The Labute approximate surface area is 140 Å². The van der Waals surface area contributed by atoms with Gasteiger partial charge in [-0.1, -0.05) is 35.0 Å². The number of nitrogens with zero attached hydrogens (tertiary/aromatic N) is 3. The highest BCUT2D eigenvalue weighted by Crippen LogP contribution is 2.27. The zero-order valence-electron chi connectivity index (χ0n) is 13.2. The van der Waals surface area contributed by atoms with E-state index < -0.39 is 0 Å². The smallest absolute Gasteiger partial charge is 0.119 e. The summed E-state index contributed by atoms with van der Waals surface area (Å²) in [5, 5.41) is 8.49. The van der Waals surface area contributed by atoms with Crippen molar-refractivity contribution in [3.05, 3.63) is 59.8 Å². The van der Waals surface area contributed by atoms with E-state index in [-0.39, 0.29) is 0 Å². The molecule has 0 amide bonds. The fourth-order valence-electron chi connectivity index (χ4n) is 2.43. The van der Waals surface area contributed by atoms with Crippen LogP contribution < -0.4 is 4.74 Å². The van der Waals surface area contributed by atoms with Crippen molar-refractivity contribution in [2.45, 2.75) is 19.7 Å². The summed E-state index contributed by atoms with van der Waals surface area (Å²) in [7, 11) is 0. The molecule has 3 rings (SSSR count). The maximum Gasteiger partial charge on any atom is 0.119 e. The summed E-state index contributed by atoms with van der Waals surface area (Å²) in [4.78, 5) is 0. The first-order valence-corrected chi connectivity index (χ1v) is 8.07. The molecule has 0 N–H and O–H groups in total. The molecule has 0 saturated carbocycles. The van der Waals surface area contributed by atoms with E-state index in [0.29, 0.717) is 12.5 Å². The van der Waals surface area contributed by atoms with E-state index in [2.05, 4.69) is 41.5 Å². The molecule has 0 radical (unpaired) electrons. The molecule has 2 aromatic carbocycles. The minimum absolute atomic E-state index is 0.320. The third-order valence-electron chi connectivity index (χ3n) is 3.58. The normalized spacial score (nSPS) is 10.7. The lowest BCUT2D eigenvalue weighted by Crippen LogP contribution is -2.00. The first kappa shape index (κ1) is 15.6. The van der Waals surface area contributed by atoms with Crippen LogP contribution in [0.4, 0.5) is 0 Å². The van der Waals surface area contributed by atoms with Gasteiger partial charge in [0, 0.05) is 5.56 Å². The average Bonchev–Trinajstić information content (AvgIpc) is 3.00. The van der Waals surface area contributed by atoms with Crippen molar-refractivity contribution in [3.8, 4) is 22.7 Å². The highest BCUT2D eigenvalue weighted by molar-refractivity contribution is 6.17. The summed E-state index contributed by atoms with van der Waals surface area (Å²) in [5.41, 5.74) is 4.87. The van der Waals surface area contributed by atoms with Crippen LogP contribution in [0.15, 0.2) is 48.5 Å². The van der Waals surface area contributed by atoms with Gasteiger partial charge < -0.3 is 4.74 Å². The summed E-state index contributed by atoms with van der Waals surface area (Å²) in [6.45, 7) is 4.68. The zero-order chi connectivity index (χ0) is 16.2. The Bertz CT molecular complexity index is 779. The second-order valence-electron chi connectivity index (χ2n) is 5.22.